The van der Waals surface area contributed by atoms with E-state index >= 15 is 0 Å². The van der Waals surface area contributed by atoms with Crippen molar-refractivity contribution >= 4 is 11.7 Å². The molecule has 1 saturated heterocycles. The molecule has 1 aliphatic rings. The number of Topliss-reactive ketones (excluding diaryl/α,β-unsaturated/α-hetero) is 1. The molecule has 17 heavy (non-hydrogen) atoms. The van der Waals surface area contributed by atoms with Crippen molar-refractivity contribution in [1.82, 2.24) is 4.90 Å². The Kier molecular flexibility index (Phi) is 6.19. The van der Waals surface area contributed by atoms with E-state index in [1.807, 2.05) is 4.90 Å². The van der Waals surface area contributed by atoms with Crippen molar-refractivity contribution in [3.05, 3.63) is 0 Å². The van der Waals surface area contributed by atoms with Crippen LogP contribution in [0.15, 0.2) is 0 Å². The average Bonchev–Trinajstić information content (AvgIpc) is 2.72. The Morgan fingerprint density at radius 3 is 2.65 bits per heavy atom. The second-order valence-corrected chi connectivity index (χ2v) is 4.75. The van der Waals surface area contributed by atoms with Crippen LogP contribution >= 0.6 is 0 Å². The second-order valence-electron chi connectivity index (χ2n) is 4.75. The molecule has 1 fully saturated rings. The third-order valence-electron chi connectivity index (χ3n) is 3.23. The van der Waals surface area contributed by atoms with Gasteiger partial charge in [-0.15, -0.1) is 0 Å². The summed E-state index contributed by atoms with van der Waals surface area (Å²) in [5.41, 5.74) is 0. The van der Waals surface area contributed by atoms with Gasteiger partial charge in [-0.05, 0) is 32.6 Å². The van der Waals surface area contributed by atoms with Crippen LogP contribution in [0.4, 0.5) is 0 Å². The Hall–Kier alpha value is -0.900. The lowest BCUT2D eigenvalue weighted by atomic mass is 10.1. The zero-order chi connectivity index (χ0) is 12.7. The van der Waals surface area contributed by atoms with Crippen LogP contribution in [-0.2, 0) is 14.3 Å². The predicted molar refractivity (Wildman–Crippen MR) is 65.8 cm³/mol. The van der Waals surface area contributed by atoms with E-state index in [-0.39, 0.29) is 17.7 Å². The molecular formula is C13H23NO3. The fraction of sp³-hybridized carbons (Fsp3) is 0.846. The molecule has 1 heterocycles. The minimum atomic E-state index is 0.205. The molecule has 0 aromatic rings. The molecule has 0 spiro atoms. The largest absolute Gasteiger partial charge is 0.383 e. The maximum absolute atomic E-state index is 12.0. The molecule has 0 aliphatic carbocycles. The van der Waals surface area contributed by atoms with Gasteiger partial charge in [0.15, 0.2) is 0 Å². The second kappa shape index (κ2) is 7.43. The van der Waals surface area contributed by atoms with Crippen LogP contribution in [0.1, 0.15) is 45.4 Å². The van der Waals surface area contributed by atoms with E-state index < -0.39 is 0 Å². The van der Waals surface area contributed by atoms with Gasteiger partial charge >= 0.3 is 0 Å². The highest BCUT2D eigenvalue weighted by atomic mass is 16.5. The summed E-state index contributed by atoms with van der Waals surface area (Å²) in [6.45, 7) is 3.09. The Labute approximate surface area is 103 Å². The zero-order valence-electron chi connectivity index (χ0n) is 10.9. The molecule has 98 valence electrons. The molecule has 0 bridgehead atoms. The smallest absolute Gasteiger partial charge is 0.222 e. The first-order valence-corrected chi connectivity index (χ1v) is 6.43. The van der Waals surface area contributed by atoms with Gasteiger partial charge in [-0.1, -0.05) is 0 Å². The first-order valence-electron chi connectivity index (χ1n) is 6.43. The van der Waals surface area contributed by atoms with Gasteiger partial charge in [0.05, 0.1) is 12.6 Å². The van der Waals surface area contributed by atoms with E-state index in [1.54, 1.807) is 14.0 Å². The Bertz CT molecular complexity index is 265. The van der Waals surface area contributed by atoms with Crippen LogP contribution in [-0.4, -0.2) is 42.9 Å². The Morgan fingerprint density at radius 2 is 2.00 bits per heavy atom. The van der Waals surface area contributed by atoms with E-state index in [0.717, 1.165) is 32.2 Å². The third kappa shape index (κ3) is 4.86. The number of amides is 1. The summed E-state index contributed by atoms with van der Waals surface area (Å²) in [7, 11) is 1.67. The summed E-state index contributed by atoms with van der Waals surface area (Å²) in [6.07, 6.45) is 4.92. The summed E-state index contributed by atoms with van der Waals surface area (Å²) >= 11 is 0. The lowest BCUT2D eigenvalue weighted by Gasteiger charge is -2.24. The number of rotatable bonds is 7. The minimum Gasteiger partial charge on any atom is -0.383 e. The summed E-state index contributed by atoms with van der Waals surface area (Å²) in [6, 6.07) is 0.264. The quantitative estimate of drug-likeness (QED) is 0.638. The third-order valence-corrected chi connectivity index (χ3v) is 3.23. The van der Waals surface area contributed by atoms with Gasteiger partial charge < -0.3 is 14.4 Å². The molecular weight excluding hydrogens is 218 g/mol. The van der Waals surface area contributed by atoms with Crippen LogP contribution in [0.5, 0.6) is 0 Å². The fourth-order valence-corrected chi connectivity index (χ4v) is 2.32. The van der Waals surface area contributed by atoms with Crippen molar-refractivity contribution in [2.45, 2.75) is 51.5 Å². The molecule has 0 aromatic carbocycles. The summed E-state index contributed by atoms with van der Waals surface area (Å²) < 4.78 is 5.12. The first-order chi connectivity index (χ1) is 8.15. The highest BCUT2D eigenvalue weighted by molar-refractivity contribution is 5.77. The molecule has 0 unspecified atom stereocenters. The maximum Gasteiger partial charge on any atom is 0.222 e. The monoisotopic (exact) mass is 241 g/mol. The van der Waals surface area contributed by atoms with Gasteiger partial charge in [0.25, 0.3) is 0 Å². The molecule has 0 aromatic heterocycles. The van der Waals surface area contributed by atoms with E-state index in [2.05, 4.69) is 0 Å². The lowest BCUT2D eigenvalue weighted by Crippen LogP contribution is -2.37. The number of unbranched alkanes of at least 4 members (excludes halogenated alkanes) is 1. The number of nitrogens with zero attached hydrogens (tertiary/aromatic N) is 1. The number of ketones is 1. The number of hydrogen-bond donors (Lipinski definition) is 0. The average molecular weight is 241 g/mol. The normalized spacial score (nSPS) is 19.6. The molecule has 1 aliphatic heterocycles. The van der Waals surface area contributed by atoms with Crippen LogP contribution in [0.3, 0.4) is 0 Å². The Balaban J connectivity index is 2.24. The molecule has 0 N–H and O–H groups in total. The highest BCUT2D eigenvalue weighted by Crippen LogP contribution is 2.19. The summed E-state index contributed by atoms with van der Waals surface area (Å²) in [4.78, 5) is 24.7. The van der Waals surface area contributed by atoms with Crippen LogP contribution in [0.2, 0.25) is 0 Å². The molecule has 0 radical (unpaired) electrons. The number of carbonyl (C=O) groups excluding carboxylic acids is 2. The molecule has 4 nitrogen and oxygen atoms in total. The molecule has 0 saturated carbocycles. The van der Waals surface area contributed by atoms with E-state index in [4.69, 9.17) is 4.74 Å². The van der Waals surface area contributed by atoms with Crippen LogP contribution in [0, 0.1) is 0 Å². The predicted octanol–water partition coefficient (Wildman–Crippen LogP) is 1.77. The van der Waals surface area contributed by atoms with E-state index in [9.17, 15) is 9.59 Å². The van der Waals surface area contributed by atoms with Crippen LogP contribution < -0.4 is 0 Å². The summed E-state index contributed by atoms with van der Waals surface area (Å²) in [5.74, 6) is 0.420. The van der Waals surface area contributed by atoms with Gasteiger partial charge in [0.1, 0.15) is 5.78 Å². The highest BCUT2D eigenvalue weighted by Gasteiger charge is 2.27. The van der Waals surface area contributed by atoms with Crippen molar-refractivity contribution in [3.63, 3.8) is 0 Å². The number of likely N-dealkylation sites (tertiary alicyclic amines) is 1. The van der Waals surface area contributed by atoms with Gasteiger partial charge in [-0.2, -0.15) is 0 Å². The maximum atomic E-state index is 12.0. The van der Waals surface area contributed by atoms with Crippen molar-refractivity contribution in [2.75, 3.05) is 20.3 Å². The van der Waals surface area contributed by atoms with Gasteiger partial charge in [0.2, 0.25) is 5.91 Å². The number of hydrogen-bond acceptors (Lipinski definition) is 3. The molecule has 1 atom stereocenters. The number of ether oxygens (including phenoxy) is 1. The number of methoxy groups -OCH3 is 1. The van der Waals surface area contributed by atoms with Crippen molar-refractivity contribution < 1.29 is 14.3 Å². The zero-order valence-corrected chi connectivity index (χ0v) is 10.9. The van der Waals surface area contributed by atoms with E-state index in [1.165, 1.54) is 0 Å². The van der Waals surface area contributed by atoms with Crippen molar-refractivity contribution in [1.29, 1.82) is 0 Å². The molecule has 1 rings (SSSR count). The van der Waals surface area contributed by atoms with Gasteiger partial charge in [-0.25, -0.2) is 0 Å². The standard InChI is InChI=1S/C13H23NO3/c1-11(15)6-3-4-8-13(16)14-9-5-7-12(14)10-17-2/h12H,3-10H2,1-2H3/t12-/m0/s1. The van der Waals surface area contributed by atoms with Gasteiger partial charge in [0, 0.05) is 26.5 Å². The fourth-order valence-electron chi connectivity index (χ4n) is 2.32. The topological polar surface area (TPSA) is 46.6 Å². The molecule has 4 heteroatoms. The minimum absolute atomic E-state index is 0.205. The first kappa shape index (κ1) is 14.2. The lowest BCUT2D eigenvalue weighted by molar-refractivity contribution is -0.133. The van der Waals surface area contributed by atoms with Crippen molar-refractivity contribution in [3.8, 4) is 0 Å². The summed E-state index contributed by atoms with van der Waals surface area (Å²) in [5, 5.41) is 0. The molecule has 1 amide bonds. The SMILES string of the molecule is COC[C@@H]1CCCN1C(=O)CCCCC(C)=O. The number of carbonyl (C=O) groups is 2. The van der Waals surface area contributed by atoms with Gasteiger partial charge in [-0.3, -0.25) is 4.79 Å². The Morgan fingerprint density at radius 1 is 1.29 bits per heavy atom. The van der Waals surface area contributed by atoms with Crippen LogP contribution in [0.25, 0.3) is 0 Å². The van der Waals surface area contributed by atoms with E-state index in [0.29, 0.717) is 19.4 Å². The van der Waals surface area contributed by atoms with Crippen molar-refractivity contribution in [2.24, 2.45) is 0 Å².